The van der Waals surface area contributed by atoms with Crippen LogP contribution in [0.1, 0.15) is 44.8 Å². The molecule has 5 nitrogen and oxygen atoms in total. The fraction of sp³-hybridized carbons (Fsp3) is 0.353. The van der Waals surface area contributed by atoms with E-state index in [-0.39, 0.29) is 5.97 Å². The number of hydrogen-bond donors (Lipinski definition) is 1. The molecule has 1 N–H and O–H groups in total. The van der Waals surface area contributed by atoms with E-state index < -0.39 is 0 Å². The van der Waals surface area contributed by atoms with Crippen LogP contribution in [0.3, 0.4) is 0 Å². The number of rotatable bonds is 5. The van der Waals surface area contributed by atoms with Gasteiger partial charge in [-0.25, -0.2) is 9.78 Å². The molecule has 0 spiro atoms. The van der Waals surface area contributed by atoms with Crippen LogP contribution in [-0.4, -0.2) is 17.6 Å². The molecule has 0 amide bonds. The summed E-state index contributed by atoms with van der Waals surface area (Å²) in [6.07, 6.45) is 4.60. The third kappa shape index (κ3) is 3.21. The van der Waals surface area contributed by atoms with E-state index >= 15 is 0 Å². The van der Waals surface area contributed by atoms with Gasteiger partial charge >= 0.3 is 5.97 Å². The van der Waals surface area contributed by atoms with Gasteiger partial charge in [-0.05, 0) is 38.7 Å². The number of carbonyl (C=O) groups excluding carboxylic acids is 1. The van der Waals surface area contributed by atoms with Crippen LogP contribution >= 0.6 is 22.7 Å². The van der Waals surface area contributed by atoms with Gasteiger partial charge in [0.1, 0.15) is 21.7 Å². The SMILES string of the molecule is CCOC(=O)c1c(N/C=C(\C#N)c2nc(C)cs2)sc2c1CCC2. The Labute approximate surface area is 148 Å². The Morgan fingerprint density at radius 2 is 2.38 bits per heavy atom. The number of aryl methyl sites for hydroxylation is 2. The second-order valence-corrected chi connectivity index (χ2v) is 7.35. The summed E-state index contributed by atoms with van der Waals surface area (Å²) < 4.78 is 5.21. The van der Waals surface area contributed by atoms with Crippen LogP contribution in [0.2, 0.25) is 0 Å². The van der Waals surface area contributed by atoms with E-state index in [9.17, 15) is 10.1 Å². The van der Waals surface area contributed by atoms with Gasteiger partial charge in [0, 0.05) is 22.2 Å². The predicted molar refractivity (Wildman–Crippen MR) is 96.4 cm³/mol. The average Bonchev–Trinajstić information content (AvgIpc) is 3.24. The molecule has 3 rings (SSSR count). The number of ether oxygens (including phenoxy) is 1. The second kappa shape index (κ2) is 7.16. The van der Waals surface area contributed by atoms with Crippen molar-refractivity contribution in [3.05, 3.63) is 38.3 Å². The van der Waals surface area contributed by atoms with Gasteiger partial charge < -0.3 is 10.1 Å². The number of aromatic nitrogens is 1. The molecule has 124 valence electrons. The lowest BCUT2D eigenvalue weighted by Crippen LogP contribution is -2.08. The monoisotopic (exact) mass is 359 g/mol. The maximum atomic E-state index is 12.3. The van der Waals surface area contributed by atoms with Crippen LogP contribution in [0.15, 0.2) is 11.6 Å². The van der Waals surface area contributed by atoms with E-state index in [1.807, 2.05) is 12.3 Å². The minimum atomic E-state index is -0.295. The van der Waals surface area contributed by atoms with Gasteiger partial charge in [0.25, 0.3) is 0 Å². The lowest BCUT2D eigenvalue weighted by molar-refractivity contribution is 0.0527. The molecule has 0 fully saturated rings. The third-order valence-electron chi connectivity index (χ3n) is 3.72. The van der Waals surface area contributed by atoms with Crippen LogP contribution in [0.4, 0.5) is 5.00 Å². The van der Waals surface area contributed by atoms with Crippen molar-refractivity contribution < 1.29 is 9.53 Å². The van der Waals surface area contributed by atoms with E-state index in [0.717, 1.165) is 35.5 Å². The Kier molecular flexibility index (Phi) is 4.97. The first-order valence-corrected chi connectivity index (χ1v) is 9.44. The molecule has 2 aromatic heterocycles. The summed E-state index contributed by atoms with van der Waals surface area (Å²) in [5, 5.41) is 15.8. The molecule has 0 aromatic carbocycles. The van der Waals surface area contributed by atoms with Crippen molar-refractivity contribution in [1.82, 2.24) is 4.98 Å². The summed E-state index contributed by atoms with van der Waals surface area (Å²) in [4.78, 5) is 17.9. The fourth-order valence-electron chi connectivity index (χ4n) is 2.68. The van der Waals surface area contributed by atoms with Crippen molar-refractivity contribution in [2.24, 2.45) is 0 Å². The highest BCUT2D eigenvalue weighted by Gasteiger charge is 2.27. The molecule has 0 aliphatic heterocycles. The summed E-state index contributed by atoms with van der Waals surface area (Å²) in [5.74, 6) is -0.295. The summed E-state index contributed by atoms with van der Waals surface area (Å²) in [5.41, 5.74) is 3.06. The lowest BCUT2D eigenvalue weighted by Gasteiger charge is -2.06. The molecule has 0 saturated heterocycles. The Morgan fingerprint density at radius 3 is 3.04 bits per heavy atom. The number of esters is 1. The predicted octanol–water partition coefficient (Wildman–Crippen LogP) is 4.16. The highest BCUT2D eigenvalue weighted by Crippen LogP contribution is 2.39. The van der Waals surface area contributed by atoms with Crippen molar-refractivity contribution in [1.29, 1.82) is 5.26 Å². The van der Waals surface area contributed by atoms with Gasteiger partial charge in [0.15, 0.2) is 0 Å². The van der Waals surface area contributed by atoms with E-state index in [4.69, 9.17) is 4.74 Å². The number of anilines is 1. The van der Waals surface area contributed by atoms with Crippen LogP contribution in [0.25, 0.3) is 5.57 Å². The third-order valence-corrected chi connectivity index (χ3v) is 5.93. The Hall–Kier alpha value is -2.17. The van der Waals surface area contributed by atoms with Crippen LogP contribution < -0.4 is 5.32 Å². The molecular formula is C17H17N3O2S2. The molecule has 0 unspecified atom stereocenters. The number of thiazole rings is 1. The molecule has 7 heteroatoms. The first kappa shape index (κ1) is 16.7. The van der Waals surface area contributed by atoms with Crippen molar-refractivity contribution in [2.75, 3.05) is 11.9 Å². The van der Waals surface area contributed by atoms with Gasteiger partial charge in [-0.1, -0.05) is 0 Å². The first-order valence-electron chi connectivity index (χ1n) is 7.75. The summed E-state index contributed by atoms with van der Waals surface area (Å²) in [7, 11) is 0. The van der Waals surface area contributed by atoms with Crippen molar-refractivity contribution >= 4 is 39.2 Å². The zero-order valence-electron chi connectivity index (χ0n) is 13.5. The summed E-state index contributed by atoms with van der Waals surface area (Å²) >= 11 is 3.00. The minimum absolute atomic E-state index is 0.295. The average molecular weight is 359 g/mol. The molecule has 1 aliphatic rings. The van der Waals surface area contributed by atoms with Crippen LogP contribution in [0, 0.1) is 18.3 Å². The largest absolute Gasteiger partial charge is 0.462 e. The standard InChI is InChI=1S/C17H17N3O2S2/c1-3-22-17(21)14-12-5-4-6-13(12)24-16(14)19-8-11(7-18)15-20-10(2)9-23-15/h8-9,19H,3-6H2,1-2H3/b11-8+. The molecule has 2 heterocycles. The number of nitriles is 1. The Bertz CT molecular complexity index is 843. The fourth-order valence-corrected chi connectivity index (χ4v) is 4.69. The molecular weight excluding hydrogens is 342 g/mol. The van der Waals surface area contributed by atoms with E-state index in [0.29, 0.717) is 22.8 Å². The Balaban J connectivity index is 1.91. The quantitative estimate of drug-likeness (QED) is 0.641. The van der Waals surface area contributed by atoms with Crippen LogP contribution in [0.5, 0.6) is 0 Å². The number of fused-ring (bicyclic) bond motifs is 1. The molecule has 2 aromatic rings. The van der Waals surface area contributed by atoms with Gasteiger partial charge in [-0.15, -0.1) is 22.7 Å². The zero-order chi connectivity index (χ0) is 17.1. The number of carbonyl (C=O) groups is 1. The minimum Gasteiger partial charge on any atom is -0.462 e. The molecule has 0 bridgehead atoms. The number of thiophene rings is 1. The molecule has 24 heavy (non-hydrogen) atoms. The van der Waals surface area contributed by atoms with Gasteiger partial charge in [0.2, 0.25) is 0 Å². The normalized spacial score (nSPS) is 13.5. The Morgan fingerprint density at radius 1 is 1.54 bits per heavy atom. The molecule has 0 atom stereocenters. The number of nitrogens with one attached hydrogen (secondary N) is 1. The van der Waals surface area contributed by atoms with E-state index in [1.54, 1.807) is 24.5 Å². The van der Waals surface area contributed by atoms with Crippen molar-refractivity contribution in [3.8, 4) is 6.07 Å². The maximum Gasteiger partial charge on any atom is 0.341 e. The first-order chi connectivity index (χ1) is 11.6. The van der Waals surface area contributed by atoms with Gasteiger partial charge in [0.05, 0.1) is 12.2 Å². The van der Waals surface area contributed by atoms with Crippen LogP contribution in [-0.2, 0) is 17.6 Å². The molecule has 0 radical (unpaired) electrons. The summed E-state index contributed by atoms with van der Waals surface area (Å²) in [6, 6.07) is 2.16. The maximum absolute atomic E-state index is 12.3. The van der Waals surface area contributed by atoms with Gasteiger partial charge in [-0.3, -0.25) is 0 Å². The summed E-state index contributed by atoms with van der Waals surface area (Å²) in [6.45, 7) is 4.04. The van der Waals surface area contributed by atoms with Gasteiger partial charge in [-0.2, -0.15) is 5.26 Å². The zero-order valence-corrected chi connectivity index (χ0v) is 15.1. The topological polar surface area (TPSA) is 75.0 Å². The van der Waals surface area contributed by atoms with Crippen molar-refractivity contribution in [3.63, 3.8) is 0 Å². The number of nitrogens with zero attached hydrogens (tertiary/aromatic N) is 2. The highest BCUT2D eigenvalue weighted by atomic mass is 32.1. The van der Waals surface area contributed by atoms with Crippen molar-refractivity contribution in [2.45, 2.75) is 33.1 Å². The molecule has 1 aliphatic carbocycles. The highest BCUT2D eigenvalue weighted by molar-refractivity contribution is 7.16. The number of hydrogen-bond acceptors (Lipinski definition) is 7. The second-order valence-electron chi connectivity index (χ2n) is 5.39. The van der Waals surface area contributed by atoms with E-state index in [1.165, 1.54) is 16.2 Å². The molecule has 0 saturated carbocycles. The smallest absolute Gasteiger partial charge is 0.341 e. The van der Waals surface area contributed by atoms with E-state index in [2.05, 4.69) is 16.4 Å². The lowest BCUT2D eigenvalue weighted by atomic mass is 10.1. The number of allylic oxidation sites excluding steroid dienone is 1.